The van der Waals surface area contributed by atoms with Crippen LogP contribution >= 0.6 is 0 Å². The van der Waals surface area contributed by atoms with Crippen molar-refractivity contribution in [1.82, 2.24) is 5.32 Å². The van der Waals surface area contributed by atoms with Crippen molar-refractivity contribution in [3.8, 4) is 0 Å². The van der Waals surface area contributed by atoms with Crippen LogP contribution in [0.5, 0.6) is 0 Å². The second kappa shape index (κ2) is 7.87. The number of alkyl carbamates (subject to hydrolysis) is 1. The molecule has 3 N–H and O–H groups in total. The van der Waals surface area contributed by atoms with Crippen LogP contribution in [0.2, 0.25) is 0 Å². The van der Waals surface area contributed by atoms with Crippen molar-refractivity contribution in [1.29, 1.82) is 0 Å². The lowest BCUT2D eigenvalue weighted by Gasteiger charge is -2.23. The zero-order chi connectivity index (χ0) is 15.0. The van der Waals surface area contributed by atoms with E-state index in [1.807, 2.05) is 51.1 Å². The van der Waals surface area contributed by atoms with Gasteiger partial charge >= 0.3 is 6.09 Å². The first-order chi connectivity index (χ1) is 9.40. The molecule has 1 amide bonds. The summed E-state index contributed by atoms with van der Waals surface area (Å²) >= 11 is 0. The van der Waals surface area contributed by atoms with Crippen LogP contribution in [0.1, 0.15) is 26.3 Å². The second-order valence-corrected chi connectivity index (χ2v) is 5.64. The van der Waals surface area contributed by atoms with E-state index in [-0.39, 0.29) is 18.7 Å². The van der Waals surface area contributed by atoms with Crippen molar-refractivity contribution in [2.75, 3.05) is 13.2 Å². The molecule has 112 valence electrons. The molecule has 1 rings (SSSR count). The van der Waals surface area contributed by atoms with Gasteiger partial charge in [0.05, 0.1) is 13.2 Å². The fourth-order valence-electron chi connectivity index (χ4n) is 1.52. The largest absolute Gasteiger partial charge is 0.442 e. The van der Waals surface area contributed by atoms with E-state index >= 15 is 0 Å². The van der Waals surface area contributed by atoms with Crippen LogP contribution in [0.15, 0.2) is 30.3 Å². The van der Waals surface area contributed by atoms with Gasteiger partial charge in [0.2, 0.25) is 0 Å². The van der Waals surface area contributed by atoms with Crippen LogP contribution in [-0.2, 0) is 16.1 Å². The van der Waals surface area contributed by atoms with Gasteiger partial charge in [-0.3, -0.25) is 0 Å². The lowest BCUT2D eigenvalue weighted by atomic mass is 10.1. The molecule has 0 saturated carbocycles. The lowest BCUT2D eigenvalue weighted by Crippen LogP contribution is -2.44. The molecule has 0 radical (unpaired) electrons. The minimum absolute atomic E-state index is 0.229. The van der Waals surface area contributed by atoms with Gasteiger partial charge in [-0.25, -0.2) is 4.79 Å². The normalized spacial score (nSPS) is 12.8. The summed E-state index contributed by atoms with van der Waals surface area (Å²) in [5.74, 6) is 0. The molecule has 0 fully saturated rings. The number of rotatable bonds is 6. The molecule has 20 heavy (non-hydrogen) atoms. The molecule has 1 aromatic rings. The molecular formula is C15H24N2O3. The zero-order valence-corrected chi connectivity index (χ0v) is 12.4. The Labute approximate surface area is 120 Å². The van der Waals surface area contributed by atoms with E-state index in [1.54, 1.807) is 0 Å². The number of hydrogen-bond acceptors (Lipinski definition) is 4. The van der Waals surface area contributed by atoms with E-state index in [0.29, 0.717) is 6.61 Å². The summed E-state index contributed by atoms with van der Waals surface area (Å²) in [6.07, 6.45) is -0.919. The molecule has 0 bridgehead atoms. The third-order valence-corrected chi connectivity index (χ3v) is 2.43. The number of amides is 1. The number of nitrogens with two attached hydrogens (primary N) is 1. The van der Waals surface area contributed by atoms with Gasteiger partial charge in [0.25, 0.3) is 0 Å². The minimum atomic E-state index is -0.476. The molecule has 5 heteroatoms. The molecule has 0 spiro atoms. The highest BCUT2D eigenvalue weighted by molar-refractivity contribution is 5.68. The highest BCUT2D eigenvalue weighted by Gasteiger charge is 2.18. The van der Waals surface area contributed by atoms with Crippen LogP contribution in [0.3, 0.4) is 0 Å². The number of benzene rings is 1. The Balaban J connectivity index is 2.31. The molecule has 0 unspecified atom stereocenters. The molecule has 1 atom stereocenters. The van der Waals surface area contributed by atoms with Gasteiger partial charge in [0.1, 0.15) is 6.10 Å². The summed E-state index contributed by atoms with van der Waals surface area (Å²) < 4.78 is 10.7. The molecule has 0 aliphatic heterocycles. The molecule has 0 aliphatic rings. The van der Waals surface area contributed by atoms with E-state index in [1.165, 1.54) is 0 Å². The summed E-state index contributed by atoms with van der Waals surface area (Å²) in [7, 11) is 0. The fraction of sp³-hybridized carbons (Fsp3) is 0.533. The number of ether oxygens (including phenoxy) is 2. The van der Waals surface area contributed by atoms with Crippen molar-refractivity contribution in [3.63, 3.8) is 0 Å². The first-order valence-corrected chi connectivity index (χ1v) is 6.71. The SMILES string of the molecule is CC(C)(C)NC(=O)O[C@H](CN)COCc1ccccc1. The van der Waals surface area contributed by atoms with Gasteiger partial charge in [0.15, 0.2) is 0 Å². The Morgan fingerprint density at radius 3 is 2.50 bits per heavy atom. The Morgan fingerprint density at radius 2 is 1.95 bits per heavy atom. The van der Waals surface area contributed by atoms with Crippen molar-refractivity contribution < 1.29 is 14.3 Å². The Morgan fingerprint density at radius 1 is 1.30 bits per heavy atom. The third-order valence-electron chi connectivity index (χ3n) is 2.43. The van der Waals surface area contributed by atoms with E-state index in [4.69, 9.17) is 15.2 Å². The van der Waals surface area contributed by atoms with Crippen molar-refractivity contribution in [2.45, 2.75) is 39.0 Å². The van der Waals surface area contributed by atoms with Gasteiger partial charge in [0, 0.05) is 12.1 Å². The monoisotopic (exact) mass is 280 g/mol. The second-order valence-electron chi connectivity index (χ2n) is 5.64. The van der Waals surface area contributed by atoms with E-state index in [9.17, 15) is 4.79 Å². The van der Waals surface area contributed by atoms with E-state index in [0.717, 1.165) is 5.56 Å². The topological polar surface area (TPSA) is 73.6 Å². The van der Waals surface area contributed by atoms with Gasteiger partial charge in [-0.2, -0.15) is 0 Å². The highest BCUT2D eigenvalue weighted by Crippen LogP contribution is 2.04. The standard InChI is InChI=1S/C15H24N2O3/c1-15(2,3)17-14(18)20-13(9-16)11-19-10-12-7-5-4-6-8-12/h4-8,13H,9-11,16H2,1-3H3,(H,17,18)/t13-/m1/s1. The maximum absolute atomic E-state index is 11.6. The Bertz CT molecular complexity index is 401. The van der Waals surface area contributed by atoms with Crippen LogP contribution in [0.4, 0.5) is 4.79 Å². The highest BCUT2D eigenvalue weighted by atomic mass is 16.6. The zero-order valence-electron chi connectivity index (χ0n) is 12.4. The molecule has 0 saturated heterocycles. The quantitative estimate of drug-likeness (QED) is 0.836. The van der Waals surface area contributed by atoms with Gasteiger partial charge < -0.3 is 20.5 Å². The summed E-state index contributed by atoms with van der Waals surface area (Å²) in [4.78, 5) is 11.6. The van der Waals surface area contributed by atoms with Gasteiger partial charge in [-0.05, 0) is 26.3 Å². The number of carbonyl (C=O) groups excluding carboxylic acids is 1. The predicted octanol–water partition coefficient (Wildman–Crippen LogP) is 2.06. The van der Waals surface area contributed by atoms with Gasteiger partial charge in [-0.15, -0.1) is 0 Å². The summed E-state index contributed by atoms with van der Waals surface area (Å²) in [6.45, 7) is 6.64. The number of carbonyl (C=O) groups is 1. The van der Waals surface area contributed by atoms with E-state index in [2.05, 4.69) is 5.32 Å². The summed E-state index contributed by atoms with van der Waals surface area (Å²) in [6, 6.07) is 9.81. The lowest BCUT2D eigenvalue weighted by molar-refractivity contribution is 0.0154. The Kier molecular flexibility index (Phi) is 6.48. The first kappa shape index (κ1) is 16.5. The number of hydrogen-bond donors (Lipinski definition) is 2. The smallest absolute Gasteiger partial charge is 0.407 e. The molecule has 0 aliphatic carbocycles. The maximum Gasteiger partial charge on any atom is 0.407 e. The van der Waals surface area contributed by atoms with Crippen molar-refractivity contribution >= 4 is 6.09 Å². The summed E-state index contributed by atoms with van der Waals surface area (Å²) in [5.41, 5.74) is 6.32. The minimum Gasteiger partial charge on any atom is -0.442 e. The van der Waals surface area contributed by atoms with Crippen LogP contribution in [-0.4, -0.2) is 30.9 Å². The average Bonchev–Trinajstić information content (AvgIpc) is 2.36. The van der Waals surface area contributed by atoms with Crippen molar-refractivity contribution in [3.05, 3.63) is 35.9 Å². The fourth-order valence-corrected chi connectivity index (χ4v) is 1.52. The maximum atomic E-state index is 11.6. The molecule has 0 heterocycles. The van der Waals surface area contributed by atoms with Gasteiger partial charge in [-0.1, -0.05) is 30.3 Å². The number of nitrogens with one attached hydrogen (secondary N) is 1. The first-order valence-electron chi connectivity index (χ1n) is 6.71. The molecule has 0 aromatic heterocycles. The molecular weight excluding hydrogens is 256 g/mol. The van der Waals surface area contributed by atoms with Crippen LogP contribution < -0.4 is 11.1 Å². The Hall–Kier alpha value is -1.59. The average molecular weight is 280 g/mol. The molecule has 1 aromatic carbocycles. The van der Waals surface area contributed by atoms with Crippen LogP contribution in [0.25, 0.3) is 0 Å². The van der Waals surface area contributed by atoms with Crippen molar-refractivity contribution in [2.24, 2.45) is 5.73 Å². The third kappa shape index (κ3) is 7.11. The van der Waals surface area contributed by atoms with E-state index < -0.39 is 12.2 Å². The predicted molar refractivity (Wildman–Crippen MR) is 78.3 cm³/mol. The molecule has 5 nitrogen and oxygen atoms in total. The summed E-state index contributed by atoms with van der Waals surface area (Å²) in [5, 5.41) is 2.72. The van der Waals surface area contributed by atoms with Crippen LogP contribution in [0, 0.1) is 0 Å².